The summed E-state index contributed by atoms with van der Waals surface area (Å²) < 4.78 is 7.69. The fourth-order valence-corrected chi connectivity index (χ4v) is 3.24. The summed E-state index contributed by atoms with van der Waals surface area (Å²) in [6, 6.07) is 5.42. The third-order valence-corrected chi connectivity index (χ3v) is 4.66. The largest absolute Gasteiger partial charge is 0.378 e. The number of benzene rings is 1. The van der Waals surface area contributed by atoms with Crippen LogP contribution in [-0.4, -0.2) is 46.0 Å². The smallest absolute Gasteiger partial charge is 0.255 e. The first-order chi connectivity index (χ1) is 11.1. The zero-order chi connectivity index (χ0) is 16.4. The second-order valence-electron chi connectivity index (χ2n) is 5.44. The van der Waals surface area contributed by atoms with E-state index < -0.39 is 0 Å². The maximum absolute atomic E-state index is 12.7. The maximum Gasteiger partial charge on any atom is 0.255 e. The highest BCUT2D eigenvalue weighted by Gasteiger charge is 2.29. The third-order valence-electron chi connectivity index (χ3n) is 3.83. The highest BCUT2D eigenvalue weighted by molar-refractivity contribution is 9.10. The van der Waals surface area contributed by atoms with Gasteiger partial charge in [-0.1, -0.05) is 32.7 Å². The fourth-order valence-electron chi connectivity index (χ4n) is 2.68. The summed E-state index contributed by atoms with van der Waals surface area (Å²) in [7, 11) is 1.62. The van der Waals surface area contributed by atoms with E-state index in [9.17, 15) is 4.79 Å². The number of aromatic nitrogens is 3. The predicted molar refractivity (Wildman–Crippen MR) is 89.4 cm³/mol. The minimum Gasteiger partial charge on any atom is -0.378 e. The van der Waals surface area contributed by atoms with Crippen LogP contribution < -0.4 is 0 Å². The highest BCUT2D eigenvalue weighted by Crippen LogP contribution is 2.27. The lowest BCUT2D eigenvalue weighted by Gasteiger charge is -2.17. The van der Waals surface area contributed by atoms with Crippen LogP contribution in [0.5, 0.6) is 0 Å². The van der Waals surface area contributed by atoms with Crippen LogP contribution in [0.3, 0.4) is 0 Å². The van der Waals surface area contributed by atoms with Gasteiger partial charge in [-0.2, -0.15) is 0 Å². The molecule has 1 fully saturated rings. The number of halogens is 2. The van der Waals surface area contributed by atoms with Crippen LogP contribution in [0.1, 0.15) is 28.5 Å². The lowest BCUT2D eigenvalue weighted by atomic mass is 10.2. The van der Waals surface area contributed by atoms with Crippen molar-refractivity contribution in [1.82, 2.24) is 19.9 Å². The van der Waals surface area contributed by atoms with Gasteiger partial charge in [0.05, 0.1) is 29.4 Å². The van der Waals surface area contributed by atoms with Crippen molar-refractivity contribution in [2.24, 2.45) is 0 Å². The molecule has 2 heterocycles. The average molecular weight is 400 g/mol. The molecule has 1 saturated heterocycles. The van der Waals surface area contributed by atoms with Gasteiger partial charge in [0.1, 0.15) is 5.69 Å². The Morgan fingerprint density at radius 3 is 3.13 bits per heavy atom. The number of carbonyl (C=O) groups excluding carboxylic acids is 1. The average Bonchev–Trinajstić information content (AvgIpc) is 3.18. The zero-order valence-corrected chi connectivity index (χ0v) is 14.9. The maximum atomic E-state index is 12.7. The van der Waals surface area contributed by atoms with Crippen LogP contribution in [0.25, 0.3) is 0 Å². The number of likely N-dealkylation sites (tertiary alicyclic amines) is 1. The summed E-state index contributed by atoms with van der Waals surface area (Å²) in [6.07, 6.45) is 2.71. The number of hydrogen-bond donors (Lipinski definition) is 0. The predicted octanol–water partition coefficient (Wildman–Crippen LogP) is 2.93. The van der Waals surface area contributed by atoms with E-state index in [1.54, 1.807) is 24.1 Å². The van der Waals surface area contributed by atoms with E-state index in [4.69, 9.17) is 16.3 Å². The quantitative estimate of drug-likeness (QED) is 0.793. The summed E-state index contributed by atoms with van der Waals surface area (Å²) in [4.78, 5) is 14.5. The fraction of sp³-hybridized carbons (Fsp3) is 0.400. The van der Waals surface area contributed by atoms with Crippen molar-refractivity contribution in [3.8, 4) is 0 Å². The number of nitrogens with zero attached hydrogens (tertiary/aromatic N) is 4. The lowest BCUT2D eigenvalue weighted by Crippen LogP contribution is -2.29. The Hall–Kier alpha value is -1.44. The monoisotopic (exact) mass is 398 g/mol. The van der Waals surface area contributed by atoms with Gasteiger partial charge in [-0.15, -0.1) is 5.10 Å². The van der Waals surface area contributed by atoms with Crippen LogP contribution in [-0.2, 0) is 11.3 Å². The number of methoxy groups -OCH3 is 1. The molecule has 2 aromatic rings. The van der Waals surface area contributed by atoms with E-state index in [1.807, 2.05) is 16.9 Å². The topological polar surface area (TPSA) is 60.2 Å². The molecule has 0 unspecified atom stereocenters. The lowest BCUT2D eigenvalue weighted by molar-refractivity contribution is 0.0787. The first kappa shape index (κ1) is 16.4. The molecular formula is C15H16BrClN4O2. The SMILES string of the molecule is COCc1cn([C@H]2CCN(C(=O)c3cc(Br)ccc3Cl)C2)nn1. The molecule has 0 spiro atoms. The van der Waals surface area contributed by atoms with Gasteiger partial charge < -0.3 is 9.64 Å². The second kappa shape index (κ2) is 6.98. The molecule has 0 bridgehead atoms. The van der Waals surface area contributed by atoms with Gasteiger partial charge in [0.15, 0.2) is 0 Å². The minimum atomic E-state index is -0.0592. The Morgan fingerprint density at radius 1 is 1.52 bits per heavy atom. The Labute approximate surface area is 147 Å². The van der Waals surface area contributed by atoms with Gasteiger partial charge in [-0.3, -0.25) is 4.79 Å². The molecule has 1 atom stereocenters. The normalized spacial score (nSPS) is 17.7. The molecule has 8 heteroatoms. The number of amides is 1. The molecule has 1 amide bonds. The van der Waals surface area contributed by atoms with Gasteiger partial charge in [0.2, 0.25) is 0 Å². The molecule has 122 valence electrons. The van der Waals surface area contributed by atoms with Crippen molar-refractivity contribution in [3.63, 3.8) is 0 Å². The molecule has 1 aliphatic heterocycles. The molecule has 1 aromatic carbocycles. The number of hydrogen-bond acceptors (Lipinski definition) is 4. The van der Waals surface area contributed by atoms with Crippen LogP contribution in [0.2, 0.25) is 5.02 Å². The number of ether oxygens (including phenoxy) is 1. The Kier molecular flexibility index (Phi) is 4.99. The molecule has 6 nitrogen and oxygen atoms in total. The van der Waals surface area contributed by atoms with Gasteiger partial charge in [-0.25, -0.2) is 4.68 Å². The number of rotatable bonds is 4. The van der Waals surface area contributed by atoms with Gasteiger partial charge in [0, 0.05) is 24.7 Å². The van der Waals surface area contributed by atoms with E-state index in [0.29, 0.717) is 30.3 Å². The van der Waals surface area contributed by atoms with Gasteiger partial charge >= 0.3 is 0 Å². The molecule has 0 N–H and O–H groups in total. The molecule has 0 aliphatic carbocycles. The summed E-state index contributed by atoms with van der Waals surface area (Å²) in [6.45, 7) is 1.70. The van der Waals surface area contributed by atoms with Crippen molar-refractivity contribution in [2.45, 2.75) is 19.1 Å². The van der Waals surface area contributed by atoms with Crippen molar-refractivity contribution >= 4 is 33.4 Å². The Morgan fingerprint density at radius 2 is 2.35 bits per heavy atom. The Balaban J connectivity index is 1.71. The molecule has 1 aromatic heterocycles. The van der Waals surface area contributed by atoms with Crippen LogP contribution in [0, 0.1) is 0 Å². The third kappa shape index (κ3) is 3.57. The van der Waals surface area contributed by atoms with Crippen molar-refractivity contribution in [1.29, 1.82) is 0 Å². The van der Waals surface area contributed by atoms with E-state index in [-0.39, 0.29) is 11.9 Å². The highest BCUT2D eigenvalue weighted by atomic mass is 79.9. The first-order valence-corrected chi connectivity index (χ1v) is 8.39. The van der Waals surface area contributed by atoms with Crippen molar-refractivity contribution < 1.29 is 9.53 Å². The van der Waals surface area contributed by atoms with Crippen molar-refractivity contribution in [3.05, 3.63) is 45.1 Å². The molecule has 1 aliphatic rings. The van der Waals surface area contributed by atoms with E-state index in [2.05, 4.69) is 26.2 Å². The molecule has 23 heavy (non-hydrogen) atoms. The number of carbonyl (C=O) groups is 1. The summed E-state index contributed by atoms with van der Waals surface area (Å²) in [5, 5.41) is 8.65. The molecule has 0 radical (unpaired) electrons. The Bertz CT molecular complexity index is 721. The minimum absolute atomic E-state index is 0.0592. The van der Waals surface area contributed by atoms with E-state index in [0.717, 1.165) is 16.6 Å². The second-order valence-corrected chi connectivity index (χ2v) is 6.76. The summed E-state index contributed by atoms with van der Waals surface area (Å²) >= 11 is 9.53. The van der Waals surface area contributed by atoms with Gasteiger partial charge in [0.25, 0.3) is 5.91 Å². The standard InChI is InChI=1S/C15H16BrClN4O2/c1-23-9-11-7-21(19-18-11)12-4-5-20(8-12)15(22)13-6-10(16)2-3-14(13)17/h2-3,6-7,12H,4-5,8-9H2,1H3/t12-/m0/s1. The molecule has 3 rings (SSSR count). The van der Waals surface area contributed by atoms with E-state index in [1.165, 1.54) is 0 Å². The van der Waals surface area contributed by atoms with Crippen LogP contribution >= 0.6 is 27.5 Å². The first-order valence-electron chi connectivity index (χ1n) is 7.22. The van der Waals surface area contributed by atoms with E-state index >= 15 is 0 Å². The van der Waals surface area contributed by atoms with Gasteiger partial charge in [-0.05, 0) is 24.6 Å². The van der Waals surface area contributed by atoms with Crippen LogP contribution in [0.4, 0.5) is 0 Å². The van der Waals surface area contributed by atoms with Crippen molar-refractivity contribution in [2.75, 3.05) is 20.2 Å². The molecule has 0 saturated carbocycles. The summed E-state index contributed by atoms with van der Waals surface area (Å²) in [5.41, 5.74) is 1.30. The van der Waals surface area contributed by atoms with Crippen LogP contribution in [0.15, 0.2) is 28.9 Å². The summed E-state index contributed by atoms with van der Waals surface area (Å²) in [5.74, 6) is -0.0592. The zero-order valence-electron chi connectivity index (χ0n) is 12.6. The molecular weight excluding hydrogens is 384 g/mol.